The van der Waals surface area contributed by atoms with E-state index < -0.39 is 0 Å². The number of ether oxygens (including phenoxy) is 1. The van der Waals surface area contributed by atoms with Crippen molar-refractivity contribution in [2.75, 3.05) is 6.61 Å². The Kier molecular flexibility index (Phi) is 1.12. The molecule has 3 rings (SSSR count). The van der Waals surface area contributed by atoms with Crippen molar-refractivity contribution in [2.45, 2.75) is 12.8 Å². The fourth-order valence-electron chi connectivity index (χ4n) is 2.06. The first-order valence-electron chi connectivity index (χ1n) is 4.39. The van der Waals surface area contributed by atoms with E-state index in [1.54, 1.807) is 0 Å². The van der Waals surface area contributed by atoms with Crippen LogP contribution in [0.1, 0.15) is 16.7 Å². The fraction of sp³-hybridized carbons (Fsp3) is 0.273. The van der Waals surface area contributed by atoms with Crippen LogP contribution in [0, 0.1) is 0 Å². The second kappa shape index (κ2) is 2.13. The average molecular weight is 158 g/mol. The SMILES string of the molecule is C1=Cc2ccc3c(c2C1)CCO3. The number of hydrogen-bond donors (Lipinski definition) is 0. The molecule has 1 aliphatic heterocycles. The zero-order valence-electron chi connectivity index (χ0n) is 6.84. The molecule has 1 heteroatoms. The lowest BCUT2D eigenvalue weighted by Crippen LogP contribution is -1.89. The van der Waals surface area contributed by atoms with Crippen LogP contribution in [0.2, 0.25) is 0 Å². The van der Waals surface area contributed by atoms with Crippen LogP contribution in [-0.2, 0) is 12.8 Å². The van der Waals surface area contributed by atoms with Gasteiger partial charge in [0.15, 0.2) is 0 Å². The lowest BCUT2D eigenvalue weighted by Gasteiger charge is -2.04. The van der Waals surface area contributed by atoms with Crippen molar-refractivity contribution in [3.63, 3.8) is 0 Å². The second-order valence-electron chi connectivity index (χ2n) is 3.31. The minimum atomic E-state index is 0.867. The van der Waals surface area contributed by atoms with E-state index in [-0.39, 0.29) is 0 Å². The van der Waals surface area contributed by atoms with E-state index in [2.05, 4.69) is 24.3 Å². The summed E-state index contributed by atoms with van der Waals surface area (Å²) in [7, 11) is 0. The molecule has 1 aliphatic carbocycles. The highest BCUT2D eigenvalue weighted by molar-refractivity contribution is 5.65. The van der Waals surface area contributed by atoms with Gasteiger partial charge in [-0.1, -0.05) is 18.2 Å². The minimum Gasteiger partial charge on any atom is -0.493 e. The van der Waals surface area contributed by atoms with E-state index in [4.69, 9.17) is 4.74 Å². The third kappa shape index (κ3) is 0.685. The standard InChI is InChI=1S/C11H10O/c1-2-8-4-5-11-10(6-7-12-11)9(8)3-1/h1-2,4-5H,3,6-7H2. The Balaban J connectivity index is 2.27. The maximum Gasteiger partial charge on any atom is 0.122 e. The highest BCUT2D eigenvalue weighted by atomic mass is 16.5. The molecule has 0 radical (unpaired) electrons. The second-order valence-corrected chi connectivity index (χ2v) is 3.31. The number of allylic oxidation sites excluding steroid dienone is 1. The molecule has 0 N–H and O–H groups in total. The minimum absolute atomic E-state index is 0.867. The van der Waals surface area contributed by atoms with E-state index in [9.17, 15) is 0 Å². The Morgan fingerprint density at radius 1 is 1.17 bits per heavy atom. The fourth-order valence-corrected chi connectivity index (χ4v) is 2.06. The molecular formula is C11H10O. The van der Waals surface area contributed by atoms with Gasteiger partial charge in [-0.15, -0.1) is 0 Å². The van der Waals surface area contributed by atoms with E-state index >= 15 is 0 Å². The van der Waals surface area contributed by atoms with Crippen molar-refractivity contribution in [1.29, 1.82) is 0 Å². The number of hydrogen-bond acceptors (Lipinski definition) is 1. The third-order valence-corrected chi connectivity index (χ3v) is 2.65. The average Bonchev–Trinajstić information content (AvgIpc) is 2.71. The summed E-state index contributed by atoms with van der Waals surface area (Å²) in [6.45, 7) is 0.867. The summed E-state index contributed by atoms with van der Waals surface area (Å²) in [5.74, 6) is 1.11. The van der Waals surface area contributed by atoms with E-state index in [0.717, 1.165) is 25.2 Å². The molecule has 0 saturated heterocycles. The third-order valence-electron chi connectivity index (χ3n) is 2.65. The van der Waals surface area contributed by atoms with Gasteiger partial charge in [0.05, 0.1) is 6.61 Å². The van der Waals surface area contributed by atoms with Gasteiger partial charge in [-0.2, -0.15) is 0 Å². The lowest BCUT2D eigenvalue weighted by atomic mass is 10.0. The van der Waals surface area contributed by atoms with Gasteiger partial charge in [0.1, 0.15) is 5.75 Å². The molecule has 1 heterocycles. The van der Waals surface area contributed by atoms with Crippen molar-refractivity contribution in [3.05, 3.63) is 34.9 Å². The van der Waals surface area contributed by atoms with E-state index in [1.807, 2.05) is 0 Å². The predicted octanol–water partition coefficient (Wildman–Crippen LogP) is 2.19. The van der Waals surface area contributed by atoms with Crippen molar-refractivity contribution < 1.29 is 4.74 Å². The zero-order chi connectivity index (χ0) is 7.97. The smallest absolute Gasteiger partial charge is 0.122 e. The van der Waals surface area contributed by atoms with Crippen LogP contribution in [0.3, 0.4) is 0 Å². The Hall–Kier alpha value is -1.24. The molecule has 2 aliphatic rings. The predicted molar refractivity (Wildman–Crippen MR) is 48.4 cm³/mol. The van der Waals surface area contributed by atoms with Gasteiger partial charge in [-0.25, -0.2) is 0 Å². The first-order chi connectivity index (χ1) is 5.95. The van der Waals surface area contributed by atoms with Crippen molar-refractivity contribution in [3.8, 4) is 5.75 Å². The molecule has 1 nitrogen and oxygen atoms in total. The Labute approximate surface area is 71.7 Å². The van der Waals surface area contributed by atoms with Crippen LogP contribution in [0.5, 0.6) is 5.75 Å². The number of benzene rings is 1. The quantitative estimate of drug-likeness (QED) is 0.562. The van der Waals surface area contributed by atoms with Gasteiger partial charge in [-0.3, -0.25) is 0 Å². The summed E-state index contributed by atoms with van der Waals surface area (Å²) in [4.78, 5) is 0. The molecule has 1 aromatic carbocycles. The zero-order valence-corrected chi connectivity index (χ0v) is 6.84. The van der Waals surface area contributed by atoms with Crippen LogP contribution in [0.25, 0.3) is 6.08 Å². The van der Waals surface area contributed by atoms with Crippen molar-refractivity contribution >= 4 is 6.08 Å². The number of fused-ring (bicyclic) bond motifs is 3. The molecule has 0 bridgehead atoms. The summed E-state index contributed by atoms with van der Waals surface area (Å²) in [6, 6.07) is 4.25. The summed E-state index contributed by atoms with van der Waals surface area (Å²) in [5, 5.41) is 0. The normalized spacial score (nSPS) is 17.3. The Morgan fingerprint density at radius 2 is 2.17 bits per heavy atom. The summed E-state index contributed by atoms with van der Waals surface area (Å²) in [6.07, 6.45) is 6.62. The van der Waals surface area contributed by atoms with Crippen LogP contribution in [-0.4, -0.2) is 6.61 Å². The van der Waals surface area contributed by atoms with Crippen LogP contribution in [0.4, 0.5) is 0 Å². The van der Waals surface area contributed by atoms with Gasteiger partial charge in [0.2, 0.25) is 0 Å². The molecule has 0 aromatic heterocycles. The van der Waals surface area contributed by atoms with Gasteiger partial charge in [0.25, 0.3) is 0 Å². The summed E-state index contributed by atoms with van der Waals surface area (Å²) >= 11 is 0. The molecular weight excluding hydrogens is 148 g/mol. The summed E-state index contributed by atoms with van der Waals surface area (Å²) < 4.78 is 5.50. The Morgan fingerprint density at radius 3 is 3.17 bits per heavy atom. The molecule has 0 spiro atoms. The van der Waals surface area contributed by atoms with Gasteiger partial charge >= 0.3 is 0 Å². The molecule has 1 aromatic rings. The monoisotopic (exact) mass is 158 g/mol. The van der Waals surface area contributed by atoms with Crippen molar-refractivity contribution in [2.24, 2.45) is 0 Å². The molecule has 0 saturated carbocycles. The first kappa shape index (κ1) is 6.30. The van der Waals surface area contributed by atoms with E-state index in [0.29, 0.717) is 0 Å². The van der Waals surface area contributed by atoms with Gasteiger partial charge in [0, 0.05) is 12.0 Å². The lowest BCUT2D eigenvalue weighted by molar-refractivity contribution is 0.357. The maximum atomic E-state index is 5.50. The molecule has 0 amide bonds. The first-order valence-corrected chi connectivity index (χ1v) is 4.39. The van der Waals surface area contributed by atoms with Gasteiger partial charge in [-0.05, 0) is 23.6 Å². The van der Waals surface area contributed by atoms with Crippen LogP contribution < -0.4 is 4.74 Å². The largest absolute Gasteiger partial charge is 0.493 e. The topological polar surface area (TPSA) is 9.23 Å². The highest BCUT2D eigenvalue weighted by Gasteiger charge is 2.19. The van der Waals surface area contributed by atoms with Crippen LogP contribution in [0.15, 0.2) is 18.2 Å². The maximum absolute atomic E-state index is 5.50. The molecule has 0 fully saturated rings. The number of rotatable bonds is 0. The molecule has 0 atom stereocenters. The molecule has 60 valence electrons. The molecule has 0 unspecified atom stereocenters. The summed E-state index contributed by atoms with van der Waals surface area (Å²) in [5.41, 5.74) is 4.32. The van der Waals surface area contributed by atoms with Crippen molar-refractivity contribution in [1.82, 2.24) is 0 Å². The van der Waals surface area contributed by atoms with Crippen LogP contribution >= 0.6 is 0 Å². The molecule has 12 heavy (non-hydrogen) atoms. The van der Waals surface area contributed by atoms with E-state index in [1.165, 1.54) is 16.7 Å². The Bertz CT molecular complexity index is 364. The highest BCUT2D eigenvalue weighted by Crippen LogP contribution is 2.34. The van der Waals surface area contributed by atoms with Gasteiger partial charge < -0.3 is 4.74 Å².